The number of hydrogen-bond donors (Lipinski definition) is 7. The summed E-state index contributed by atoms with van der Waals surface area (Å²) in [6, 6.07) is 0. The highest BCUT2D eigenvalue weighted by atomic mass is 16.7. The van der Waals surface area contributed by atoms with Crippen LogP contribution in [0.2, 0.25) is 0 Å². The molecule has 4 saturated carbocycles. The van der Waals surface area contributed by atoms with Gasteiger partial charge in [-0.2, -0.15) is 0 Å². The summed E-state index contributed by atoms with van der Waals surface area (Å²) >= 11 is 0. The monoisotopic (exact) mass is 638 g/mol. The second-order valence-electron chi connectivity index (χ2n) is 17.6. The average molecular weight is 639 g/mol. The summed E-state index contributed by atoms with van der Waals surface area (Å²) in [6.07, 6.45) is 0.140. The maximum absolute atomic E-state index is 12.1. The van der Waals surface area contributed by atoms with Crippen LogP contribution in [0.1, 0.15) is 107 Å². The number of rotatable bonds is 7. The molecular weight excluding hydrogens is 576 g/mol. The van der Waals surface area contributed by atoms with Crippen LogP contribution >= 0.6 is 0 Å². The van der Waals surface area contributed by atoms with Crippen LogP contribution in [0, 0.1) is 45.3 Å². The first-order valence-corrected chi connectivity index (χ1v) is 17.4. The van der Waals surface area contributed by atoms with Gasteiger partial charge in [0.05, 0.1) is 30.5 Å². The normalized spacial score (nSPS) is 51.8. The molecule has 1 heterocycles. The first-order chi connectivity index (χ1) is 20.7. The largest absolute Gasteiger partial charge is 0.394 e. The van der Waals surface area contributed by atoms with E-state index in [9.17, 15) is 35.7 Å². The van der Waals surface area contributed by atoms with Gasteiger partial charge in [0, 0.05) is 0 Å². The molecule has 2 unspecified atom stereocenters. The lowest BCUT2D eigenvalue weighted by molar-refractivity contribution is -0.346. The fourth-order valence-corrected chi connectivity index (χ4v) is 11.7. The summed E-state index contributed by atoms with van der Waals surface area (Å²) in [5.74, 6) is 0.343. The van der Waals surface area contributed by atoms with E-state index in [1.54, 1.807) is 0 Å². The van der Waals surface area contributed by atoms with Crippen molar-refractivity contribution in [1.82, 2.24) is 0 Å². The molecule has 0 bridgehead atoms. The Labute approximate surface area is 270 Å². The van der Waals surface area contributed by atoms with Gasteiger partial charge in [-0.05, 0) is 117 Å². The quantitative estimate of drug-likeness (QED) is 0.164. The van der Waals surface area contributed by atoms with Crippen molar-refractivity contribution in [1.29, 1.82) is 0 Å². The predicted molar refractivity (Wildman–Crippen MR) is 170 cm³/mol. The molecule has 9 heteroatoms. The number of fused-ring (bicyclic) bond motifs is 5. The minimum Gasteiger partial charge on any atom is -0.394 e. The zero-order chi connectivity index (χ0) is 33.5. The molecule has 1 saturated heterocycles. The van der Waals surface area contributed by atoms with Crippen molar-refractivity contribution in [2.75, 3.05) is 6.61 Å². The van der Waals surface area contributed by atoms with E-state index in [1.165, 1.54) is 5.57 Å². The number of ether oxygens (including phenoxy) is 2. The van der Waals surface area contributed by atoms with Crippen molar-refractivity contribution in [3.63, 3.8) is 0 Å². The van der Waals surface area contributed by atoms with Gasteiger partial charge >= 0.3 is 0 Å². The van der Waals surface area contributed by atoms with E-state index in [0.717, 1.165) is 25.7 Å². The third-order valence-corrected chi connectivity index (χ3v) is 14.2. The molecule has 5 rings (SSSR count). The number of aliphatic hydroxyl groups is 7. The summed E-state index contributed by atoms with van der Waals surface area (Å²) in [7, 11) is 0. The highest BCUT2D eigenvalue weighted by Crippen LogP contribution is 2.76. The van der Waals surface area contributed by atoms with E-state index in [0.29, 0.717) is 25.7 Å². The minimum absolute atomic E-state index is 0.0624. The average Bonchev–Trinajstić information content (AvgIpc) is 3.32. The molecule has 9 nitrogen and oxygen atoms in total. The number of hydrogen-bond acceptors (Lipinski definition) is 9. The van der Waals surface area contributed by atoms with E-state index >= 15 is 0 Å². The van der Waals surface area contributed by atoms with Crippen molar-refractivity contribution in [3.05, 3.63) is 11.6 Å². The molecule has 0 aromatic heterocycles. The standard InChI is InChI=1S/C36H62O9/c1-19(10-9-13-32(2,3)43)20-11-15-35(7)26(20)21(38)16-24-34(6)14-12-25(39)33(4,5)30(34)22(17-36(24,35)8)44-31-29(42)28(41)27(40)23(18-37)45-31/h10,20-31,37-43H,9,11-18H2,1-8H3/b19-10+/t20-,21?,22+,23-,24-,25?,26+,27-,28+,29-,30+,31-,34-,35-,36-/m1/s1. The fraction of sp³-hybridized carbons (Fsp3) is 0.944. The second kappa shape index (κ2) is 12.1. The Kier molecular flexibility index (Phi) is 9.56. The number of aliphatic hydroxyl groups excluding tert-OH is 6. The fourth-order valence-electron chi connectivity index (χ4n) is 11.7. The van der Waals surface area contributed by atoms with Crippen LogP contribution in [0.4, 0.5) is 0 Å². The summed E-state index contributed by atoms with van der Waals surface area (Å²) < 4.78 is 12.6. The summed E-state index contributed by atoms with van der Waals surface area (Å²) in [6.45, 7) is 16.5. The lowest BCUT2D eigenvalue weighted by atomic mass is 9.34. The molecule has 0 amide bonds. The second-order valence-corrected chi connectivity index (χ2v) is 17.6. The molecule has 0 aromatic rings. The summed E-state index contributed by atoms with van der Waals surface area (Å²) in [4.78, 5) is 0. The molecule has 5 aliphatic rings. The van der Waals surface area contributed by atoms with Crippen molar-refractivity contribution in [2.45, 2.75) is 161 Å². The number of allylic oxidation sites excluding steroid dienone is 2. The molecule has 1 aliphatic heterocycles. The van der Waals surface area contributed by atoms with E-state index in [1.807, 2.05) is 13.8 Å². The van der Waals surface area contributed by atoms with Gasteiger partial charge in [0.15, 0.2) is 6.29 Å². The summed E-state index contributed by atoms with van der Waals surface area (Å²) in [5.41, 5.74) is -0.729. The van der Waals surface area contributed by atoms with Crippen LogP contribution in [0.3, 0.4) is 0 Å². The van der Waals surface area contributed by atoms with Gasteiger partial charge in [-0.1, -0.05) is 46.3 Å². The third kappa shape index (κ3) is 5.68. The van der Waals surface area contributed by atoms with Crippen LogP contribution in [-0.2, 0) is 9.47 Å². The molecule has 0 aromatic carbocycles. The van der Waals surface area contributed by atoms with Gasteiger partial charge in [0.1, 0.15) is 24.4 Å². The maximum atomic E-state index is 12.1. The lowest BCUT2D eigenvalue weighted by Gasteiger charge is -2.72. The molecule has 45 heavy (non-hydrogen) atoms. The zero-order valence-electron chi connectivity index (χ0n) is 28.8. The summed E-state index contributed by atoms with van der Waals surface area (Å²) in [5, 5.41) is 75.5. The predicted octanol–water partition coefficient (Wildman–Crippen LogP) is 3.30. The van der Waals surface area contributed by atoms with Crippen LogP contribution in [-0.4, -0.2) is 97.0 Å². The van der Waals surface area contributed by atoms with E-state index in [4.69, 9.17) is 9.47 Å². The molecule has 260 valence electrons. The van der Waals surface area contributed by atoms with Gasteiger partial charge < -0.3 is 45.2 Å². The maximum Gasteiger partial charge on any atom is 0.186 e. The van der Waals surface area contributed by atoms with Crippen LogP contribution in [0.5, 0.6) is 0 Å². The Morgan fingerprint density at radius 2 is 1.60 bits per heavy atom. The minimum atomic E-state index is -1.53. The van der Waals surface area contributed by atoms with Crippen molar-refractivity contribution in [3.8, 4) is 0 Å². The topological polar surface area (TPSA) is 160 Å². The van der Waals surface area contributed by atoms with Gasteiger partial charge in [-0.25, -0.2) is 0 Å². The first kappa shape index (κ1) is 35.7. The zero-order valence-corrected chi connectivity index (χ0v) is 28.8. The highest BCUT2D eigenvalue weighted by Gasteiger charge is 2.72. The van der Waals surface area contributed by atoms with E-state index in [-0.39, 0.29) is 39.9 Å². The van der Waals surface area contributed by atoms with Gasteiger partial charge in [-0.3, -0.25) is 0 Å². The van der Waals surface area contributed by atoms with Crippen LogP contribution in [0.25, 0.3) is 0 Å². The van der Waals surface area contributed by atoms with Crippen molar-refractivity contribution in [2.24, 2.45) is 45.3 Å². The smallest absolute Gasteiger partial charge is 0.186 e. The Balaban J connectivity index is 1.52. The van der Waals surface area contributed by atoms with Gasteiger partial charge in [0.2, 0.25) is 0 Å². The lowest BCUT2D eigenvalue weighted by Crippen LogP contribution is -2.70. The molecule has 0 spiro atoms. The molecule has 0 radical (unpaired) electrons. The Morgan fingerprint density at radius 1 is 0.933 bits per heavy atom. The first-order valence-electron chi connectivity index (χ1n) is 17.4. The molecule has 7 N–H and O–H groups in total. The SMILES string of the molecule is C/C(=C\CCC(C)(C)O)[C@H]1CC[C@]2(C)[C@@H]1C(O)C[C@@H]1[C@@]3(C)CCC(O)C(C)(C)[C@@H]3[C@@H](O[C@@H]3O[C@H](CO)[C@@H](O)[C@H](O)[C@H]3O)C[C@]12C. The van der Waals surface area contributed by atoms with Crippen molar-refractivity contribution < 1.29 is 45.2 Å². The van der Waals surface area contributed by atoms with Crippen molar-refractivity contribution >= 4 is 0 Å². The van der Waals surface area contributed by atoms with E-state index in [2.05, 4.69) is 47.6 Å². The Hall–Kier alpha value is -0.620. The highest BCUT2D eigenvalue weighted by molar-refractivity contribution is 5.24. The van der Waals surface area contributed by atoms with Gasteiger partial charge in [-0.15, -0.1) is 0 Å². The molecule has 15 atom stereocenters. The van der Waals surface area contributed by atoms with Gasteiger partial charge in [0.25, 0.3) is 0 Å². The Bertz CT molecular complexity index is 1100. The third-order valence-electron chi connectivity index (χ3n) is 14.2. The Morgan fingerprint density at radius 3 is 2.22 bits per heavy atom. The molecule has 5 fully saturated rings. The molecule has 4 aliphatic carbocycles. The molecular formula is C36H62O9. The van der Waals surface area contributed by atoms with E-state index < -0.39 is 66.6 Å². The van der Waals surface area contributed by atoms with Crippen LogP contribution < -0.4 is 0 Å². The van der Waals surface area contributed by atoms with Crippen LogP contribution in [0.15, 0.2) is 11.6 Å².